The number of hydrogen-bond donors (Lipinski definition) is 0. The van der Waals surface area contributed by atoms with Gasteiger partial charge < -0.3 is 14.2 Å². The van der Waals surface area contributed by atoms with Crippen LogP contribution in [0.15, 0.2) is 35.1 Å². The Hall–Kier alpha value is -2.30. The third-order valence-electron chi connectivity index (χ3n) is 3.52. The molecule has 1 aromatic carbocycles. The van der Waals surface area contributed by atoms with Gasteiger partial charge in [0.25, 0.3) is 5.56 Å². The zero-order chi connectivity index (χ0) is 15.4. The van der Waals surface area contributed by atoms with Crippen LogP contribution < -0.4 is 10.3 Å². The Labute approximate surface area is 123 Å². The Balaban J connectivity index is 2.50. The quantitative estimate of drug-likeness (QED) is 0.869. The van der Waals surface area contributed by atoms with E-state index in [4.69, 9.17) is 4.74 Å². The average molecular weight is 288 g/mol. The van der Waals surface area contributed by atoms with E-state index in [1.54, 1.807) is 9.47 Å². The number of aryl methyl sites for hydroxylation is 1. The Morgan fingerprint density at radius 1 is 1.19 bits per heavy atom. The molecule has 0 bridgehead atoms. The number of fused-ring (bicyclic) bond motifs is 1. The number of amides is 1. The number of carbonyl (C=O) groups excluding carboxylic acids is 1. The van der Waals surface area contributed by atoms with E-state index < -0.39 is 6.09 Å². The molecule has 0 fully saturated rings. The van der Waals surface area contributed by atoms with Crippen LogP contribution in [0.5, 0.6) is 5.75 Å². The summed E-state index contributed by atoms with van der Waals surface area (Å²) in [7, 11) is 0. The number of nitrogens with zero attached hydrogens (tertiary/aromatic N) is 2. The first-order valence-corrected chi connectivity index (χ1v) is 7.21. The van der Waals surface area contributed by atoms with Crippen LogP contribution in [0.3, 0.4) is 0 Å². The molecule has 21 heavy (non-hydrogen) atoms. The number of hydrogen-bond acceptors (Lipinski definition) is 3. The van der Waals surface area contributed by atoms with Crippen LogP contribution >= 0.6 is 0 Å². The van der Waals surface area contributed by atoms with Crippen LogP contribution in [0.4, 0.5) is 4.79 Å². The highest BCUT2D eigenvalue weighted by Gasteiger charge is 2.15. The van der Waals surface area contributed by atoms with Crippen LogP contribution in [0.1, 0.15) is 20.8 Å². The molecule has 0 spiro atoms. The molecule has 1 aromatic heterocycles. The van der Waals surface area contributed by atoms with E-state index >= 15 is 0 Å². The average Bonchev–Trinajstić information content (AvgIpc) is 2.49. The van der Waals surface area contributed by atoms with Gasteiger partial charge in [-0.15, -0.1) is 0 Å². The fourth-order valence-electron chi connectivity index (χ4n) is 2.35. The van der Waals surface area contributed by atoms with Crippen molar-refractivity contribution in [3.63, 3.8) is 0 Å². The molecule has 0 saturated carbocycles. The second-order valence-corrected chi connectivity index (χ2v) is 4.65. The van der Waals surface area contributed by atoms with Gasteiger partial charge in [-0.2, -0.15) is 0 Å². The fraction of sp³-hybridized carbons (Fsp3) is 0.375. The second-order valence-electron chi connectivity index (χ2n) is 4.65. The maximum Gasteiger partial charge on any atom is 0.415 e. The summed E-state index contributed by atoms with van der Waals surface area (Å²) < 4.78 is 7.08. The number of benzene rings is 1. The van der Waals surface area contributed by atoms with Crippen molar-refractivity contribution in [2.24, 2.45) is 0 Å². The summed E-state index contributed by atoms with van der Waals surface area (Å²) in [5, 5.41) is 0.763. The zero-order valence-electron chi connectivity index (χ0n) is 12.6. The molecule has 0 atom stereocenters. The van der Waals surface area contributed by atoms with Gasteiger partial charge in [0.05, 0.1) is 5.52 Å². The number of pyridine rings is 1. The van der Waals surface area contributed by atoms with Gasteiger partial charge in [0.15, 0.2) is 0 Å². The van der Waals surface area contributed by atoms with Crippen LogP contribution in [0.2, 0.25) is 0 Å². The van der Waals surface area contributed by atoms with E-state index in [0.29, 0.717) is 25.4 Å². The van der Waals surface area contributed by atoms with Crippen molar-refractivity contribution in [1.82, 2.24) is 9.47 Å². The van der Waals surface area contributed by atoms with Gasteiger partial charge in [-0.05, 0) is 32.9 Å². The fourth-order valence-corrected chi connectivity index (χ4v) is 2.35. The largest absolute Gasteiger partial charge is 0.415 e. The minimum Gasteiger partial charge on any atom is -0.409 e. The monoisotopic (exact) mass is 288 g/mol. The standard InChI is InChI=1S/C16H20N2O3/c1-4-17(5-2)16(20)21-14-11-15(19)18(6-3)13-10-8-7-9-12(13)14/h7-11H,4-6H2,1-3H3. The third-order valence-corrected chi connectivity index (χ3v) is 3.52. The maximum atomic E-state index is 12.1. The Bertz CT molecular complexity index is 702. The molecule has 5 heteroatoms. The van der Waals surface area contributed by atoms with E-state index in [1.165, 1.54) is 6.07 Å². The molecular formula is C16H20N2O3. The minimum absolute atomic E-state index is 0.168. The van der Waals surface area contributed by atoms with Gasteiger partial charge in [-0.1, -0.05) is 12.1 Å². The van der Waals surface area contributed by atoms with Crippen LogP contribution in [-0.2, 0) is 6.54 Å². The molecule has 0 radical (unpaired) electrons. The topological polar surface area (TPSA) is 51.5 Å². The summed E-state index contributed by atoms with van der Waals surface area (Å²) in [6.07, 6.45) is -0.432. The molecule has 0 aliphatic heterocycles. The van der Waals surface area contributed by atoms with Crippen LogP contribution in [0, 0.1) is 0 Å². The van der Waals surface area contributed by atoms with Crippen LogP contribution in [0.25, 0.3) is 10.9 Å². The first-order valence-electron chi connectivity index (χ1n) is 7.21. The number of carbonyl (C=O) groups is 1. The van der Waals surface area contributed by atoms with Crippen molar-refractivity contribution in [3.05, 3.63) is 40.7 Å². The van der Waals surface area contributed by atoms with Crippen molar-refractivity contribution in [2.75, 3.05) is 13.1 Å². The molecule has 0 aliphatic carbocycles. The first kappa shape index (κ1) is 15.1. The predicted molar refractivity (Wildman–Crippen MR) is 82.8 cm³/mol. The minimum atomic E-state index is -0.432. The van der Waals surface area contributed by atoms with E-state index in [1.807, 2.05) is 45.0 Å². The normalized spacial score (nSPS) is 10.6. The summed E-state index contributed by atoms with van der Waals surface area (Å²) in [5.41, 5.74) is 0.605. The lowest BCUT2D eigenvalue weighted by atomic mass is 10.2. The van der Waals surface area contributed by atoms with E-state index in [2.05, 4.69) is 0 Å². The van der Waals surface area contributed by atoms with E-state index in [0.717, 1.165) is 10.9 Å². The summed E-state index contributed by atoms with van der Waals surface area (Å²) in [5.74, 6) is 0.317. The summed E-state index contributed by atoms with van der Waals surface area (Å²) in [6.45, 7) is 7.40. The maximum absolute atomic E-state index is 12.1. The van der Waals surface area contributed by atoms with Crippen molar-refractivity contribution >= 4 is 17.0 Å². The summed E-state index contributed by atoms with van der Waals surface area (Å²) >= 11 is 0. The predicted octanol–water partition coefficient (Wildman–Crippen LogP) is 2.86. The van der Waals surface area contributed by atoms with Gasteiger partial charge in [0.1, 0.15) is 5.75 Å². The molecule has 0 unspecified atom stereocenters. The molecule has 0 N–H and O–H groups in total. The van der Waals surface area contributed by atoms with Gasteiger partial charge >= 0.3 is 6.09 Å². The highest BCUT2D eigenvalue weighted by Crippen LogP contribution is 2.24. The van der Waals surface area contributed by atoms with Crippen molar-refractivity contribution in [1.29, 1.82) is 0 Å². The molecule has 2 aromatic rings. The lowest BCUT2D eigenvalue weighted by molar-refractivity contribution is 0.158. The molecule has 1 heterocycles. The Morgan fingerprint density at radius 2 is 1.86 bits per heavy atom. The molecule has 112 valence electrons. The SMILES string of the molecule is CCN(CC)C(=O)Oc1cc(=O)n(CC)c2ccccc12. The molecule has 0 saturated heterocycles. The van der Waals surface area contributed by atoms with Crippen molar-refractivity contribution < 1.29 is 9.53 Å². The molecule has 0 aliphatic rings. The summed E-state index contributed by atoms with van der Waals surface area (Å²) in [6, 6.07) is 8.82. The van der Waals surface area contributed by atoms with Crippen LogP contribution in [-0.4, -0.2) is 28.6 Å². The number of ether oxygens (including phenoxy) is 1. The lowest BCUT2D eigenvalue weighted by Crippen LogP contribution is -2.33. The van der Waals surface area contributed by atoms with E-state index in [-0.39, 0.29) is 5.56 Å². The number of para-hydroxylation sites is 1. The highest BCUT2D eigenvalue weighted by atomic mass is 16.6. The molecule has 2 rings (SSSR count). The second kappa shape index (κ2) is 6.43. The molecule has 5 nitrogen and oxygen atoms in total. The number of aromatic nitrogens is 1. The van der Waals surface area contributed by atoms with Gasteiger partial charge in [-0.25, -0.2) is 4.79 Å². The zero-order valence-corrected chi connectivity index (χ0v) is 12.6. The van der Waals surface area contributed by atoms with Gasteiger partial charge in [0.2, 0.25) is 0 Å². The first-order chi connectivity index (χ1) is 10.1. The lowest BCUT2D eigenvalue weighted by Gasteiger charge is -2.19. The third kappa shape index (κ3) is 2.91. The Morgan fingerprint density at radius 3 is 2.48 bits per heavy atom. The summed E-state index contributed by atoms with van der Waals surface area (Å²) in [4.78, 5) is 25.8. The van der Waals surface area contributed by atoms with Crippen molar-refractivity contribution in [2.45, 2.75) is 27.3 Å². The highest BCUT2D eigenvalue weighted by molar-refractivity contribution is 5.87. The molecular weight excluding hydrogens is 268 g/mol. The molecule has 1 amide bonds. The van der Waals surface area contributed by atoms with Crippen molar-refractivity contribution in [3.8, 4) is 5.75 Å². The Kier molecular flexibility index (Phi) is 4.62. The smallest absolute Gasteiger partial charge is 0.409 e. The number of rotatable bonds is 4. The van der Waals surface area contributed by atoms with Gasteiger partial charge in [-0.3, -0.25) is 4.79 Å². The van der Waals surface area contributed by atoms with E-state index in [9.17, 15) is 9.59 Å². The van der Waals surface area contributed by atoms with Gasteiger partial charge in [0, 0.05) is 31.1 Å².